The maximum Gasteiger partial charge on any atom is 0.361 e. The summed E-state index contributed by atoms with van der Waals surface area (Å²) in [5, 5.41) is 7.83. The van der Waals surface area contributed by atoms with Crippen LogP contribution in [0.2, 0.25) is 0 Å². The molecule has 28 heavy (non-hydrogen) atoms. The molecule has 1 heterocycles. The summed E-state index contributed by atoms with van der Waals surface area (Å²) in [5.41, 5.74) is 3.68. The van der Waals surface area contributed by atoms with Gasteiger partial charge in [-0.15, -0.1) is 0 Å². The van der Waals surface area contributed by atoms with Crippen molar-refractivity contribution in [2.75, 3.05) is 19.0 Å². The summed E-state index contributed by atoms with van der Waals surface area (Å²) in [6.07, 6.45) is 0. The Morgan fingerprint density at radius 2 is 1.82 bits per heavy atom. The van der Waals surface area contributed by atoms with Crippen LogP contribution in [0.3, 0.4) is 0 Å². The van der Waals surface area contributed by atoms with Gasteiger partial charge in [0.15, 0.2) is 5.69 Å². The fourth-order valence-corrected chi connectivity index (χ4v) is 3.04. The number of aromatic nitrogens is 2. The lowest BCUT2D eigenvalue weighted by Gasteiger charge is -2.09. The van der Waals surface area contributed by atoms with Crippen molar-refractivity contribution in [3.05, 3.63) is 70.0 Å². The number of carbonyl (C=O) groups is 1. The molecule has 3 rings (SSSR count). The van der Waals surface area contributed by atoms with Crippen LogP contribution in [-0.4, -0.2) is 29.5 Å². The predicted octanol–water partition coefficient (Wildman–Crippen LogP) is 4.93. The minimum Gasteiger partial charge on any atom is -0.497 e. The van der Waals surface area contributed by atoms with Crippen molar-refractivity contribution in [2.24, 2.45) is 0 Å². The molecular weight excluding hydrogens is 422 g/mol. The lowest BCUT2D eigenvalue weighted by atomic mass is 10.2. The fraction of sp³-hybridized carbons (Fsp3) is 0.238. The first-order valence-electron chi connectivity index (χ1n) is 8.92. The van der Waals surface area contributed by atoms with Gasteiger partial charge < -0.3 is 14.8 Å². The van der Waals surface area contributed by atoms with E-state index in [4.69, 9.17) is 9.47 Å². The molecule has 0 saturated carbocycles. The molecule has 146 valence electrons. The summed E-state index contributed by atoms with van der Waals surface area (Å²) in [4.78, 5) is 12.4. The first kappa shape index (κ1) is 19.9. The van der Waals surface area contributed by atoms with E-state index in [-0.39, 0.29) is 5.69 Å². The highest BCUT2D eigenvalue weighted by Crippen LogP contribution is 2.27. The van der Waals surface area contributed by atoms with Crippen molar-refractivity contribution in [3.8, 4) is 5.75 Å². The van der Waals surface area contributed by atoms with Crippen LogP contribution in [0.25, 0.3) is 0 Å². The summed E-state index contributed by atoms with van der Waals surface area (Å²) < 4.78 is 13.2. The summed E-state index contributed by atoms with van der Waals surface area (Å²) in [7, 11) is 1.64. The molecule has 0 bridgehead atoms. The Morgan fingerprint density at radius 3 is 2.43 bits per heavy atom. The maximum absolute atomic E-state index is 12.4. The second kappa shape index (κ2) is 8.93. The number of carbonyl (C=O) groups excluding carboxylic acids is 1. The number of ether oxygens (including phenoxy) is 2. The monoisotopic (exact) mass is 443 g/mol. The molecule has 0 radical (unpaired) electrons. The van der Waals surface area contributed by atoms with E-state index in [9.17, 15) is 4.79 Å². The smallest absolute Gasteiger partial charge is 0.361 e. The predicted molar refractivity (Wildman–Crippen MR) is 112 cm³/mol. The summed E-state index contributed by atoms with van der Waals surface area (Å²) in [5.74, 6) is 0.351. The van der Waals surface area contributed by atoms with E-state index in [1.54, 1.807) is 18.7 Å². The molecule has 0 aliphatic carbocycles. The van der Waals surface area contributed by atoms with Gasteiger partial charge in [-0.05, 0) is 55.8 Å². The number of esters is 1. The van der Waals surface area contributed by atoms with Gasteiger partial charge in [-0.2, -0.15) is 5.10 Å². The van der Waals surface area contributed by atoms with Crippen molar-refractivity contribution in [3.63, 3.8) is 0 Å². The fourth-order valence-electron chi connectivity index (χ4n) is 2.77. The van der Waals surface area contributed by atoms with Crippen molar-refractivity contribution in [1.29, 1.82) is 0 Å². The Labute approximate surface area is 172 Å². The zero-order valence-electron chi connectivity index (χ0n) is 16.0. The quantitative estimate of drug-likeness (QED) is 0.524. The molecular formula is C21H22BrN3O3. The van der Waals surface area contributed by atoms with Gasteiger partial charge in [0, 0.05) is 10.2 Å². The van der Waals surface area contributed by atoms with Crippen molar-refractivity contribution < 1.29 is 14.3 Å². The zero-order chi connectivity index (χ0) is 20.1. The van der Waals surface area contributed by atoms with E-state index in [0.29, 0.717) is 18.8 Å². The summed E-state index contributed by atoms with van der Waals surface area (Å²) >= 11 is 3.43. The lowest BCUT2D eigenvalue weighted by Crippen LogP contribution is -2.09. The molecule has 0 atom stereocenters. The van der Waals surface area contributed by atoms with Crippen LogP contribution < -0.4 is 10.1 Å². The van der Waals surface area contributed by atoms with E-state index < -0.39 is 5.97 Å². The molecule has 6 nitrogen and oxygen atoms in total. The minimum absolute atomic E-state index is 0.274. The van der Waals surface area contributed by atoms with Gasteiger partial charge in [0.1, 0.15) is 5.75 Å². The van der Waals surface area contributed by atoms with Crippen LogP contribution in [0.4, 0.5) is 11.4 Å². The zero-order valence-corrected chi connectivity index (χ0v) is 17.6. The third-order valence-electron chi connectivity index (χ3n) is 4.28. The number of hydrogen-bond acceptors (Lipinski definition) is 5. The molecule has 0 aliphatic rings. The van der Waals surface area contributed by atoms with Crippen LogP contribution in [0.15, 0.2) is 53.0 Å². The number of benzene rings is 2. The molecule has 0 fully saturated rings. The number of methoxy groups -OCH3 is 1. The van der Waals surface area contributed by atoms with E-state index in [1.165, 1.54) is 0 Å². The normalized spacial score (nSPS) is 10.6. The number of anilines is 2. The molecule has 0 amide bonds. The second-order valence-electron chi connectivity index (χ2n) is 6.17. The molecule has 0 aliphatic heterocycles. The number of hydrogen-bond donors (Lipinski definition) is 1. The van der Waals surface area contributed by atoms with Crippen molar-refractivity contribution in [2.45, 2.75) is 20.4 Å². The van der Waals surface area contributed by atoms with Crippen LogP contribution in [-0.2, 0) is 11.3 Å². The Bertz CT molecular complexity index is 950. The number of halogens is 1. The van der Waals surface area contributed by atoms with Crippen LogP contribution in [0, 0.1) is 6.92 Å². The first-order valence-corrected chi connectivity index (χ1v) is 9.71. The maximum atomic E-state index is 12.4. The minimum atomic E-state index is -0.446. The molecule has 0 saturated heterocycles. The van der Waals surface area contributed by atoms with Crippen LogP contribution >= 0.6 is 15.9 Å². The third kappa shape index (κ3) is 4.54. The molecule has 0 unspecified atom stereocenters. The van der Waals surface area contributed by atoms with Gasteiger partial charge in [0.2, 0.25) is 0 Å². The average Bonchev–Trinajstić information content (AvgIpc) is 3.00. The Morgan fingerprint density at radius 1 is 1.14 bits per heavy atom. The lowest BCUT2D eigenvalue weighted by molar-refractivity contribution is 0.0519. The van der Waals surface area contributed by atoms with Gasteiger partial charge >= 0.3 is 5.97 Å². The van der Waals surface area contributed by atoms with Crippen molar-refractivity contribution in [1.82, 2.24) is 9.78 Å². The Hall–Kier alpha value is -2.80. The highest BCUT2D eigenvalue weighted by atomic mass is 79.9. The van der Waals surface area contributed by atoms with E-state index in [1.807, 2.05) is 55.5 Å². The topological polar surface area (TPSA) is 65.4 Å². The Kier molecular flexibility index (Phi) is 6.36. The number of nitrogens with one attached hydrogen (secondary N) is 1. The van der Waals surface area contributed by atoms with E-state index in [2.05, 4.69) is 26.3 Å². The Balaban J connectivity index is 1.94. The van der Waals surface area contributed by atoms with E-state index in [0.717, 1.165) is 27.2 Å². The second-order valence-corrected chi connectivity index (χ2v) is 7.08. The van der Waals surface area contributed by atoms with Gasteiger partial charge in [-0.1, -0.05) is 28.1 Å². The SMILES string of the molecule is CCOC(=O)c1nn(Cc2ccc(OC)cc2)c(C)c1Nc1ccc(Br)cc1. The van der Waals surface area contributed by atoms with Crippen LogP contribution in [0.1, 0.15) is 28.7 Å². The highest BCUT2D eigenvalue weighted by Gasteiger charge is 2.22. The van der Waals surface area contributed by atoms with Gasteiger partial charge in [-0.3, -0.25) is 4.68 Å². The largest absolute Gasteiger partial charge is 0.497 e. The van der Waals surface area contributed by atoms with E-state index >= 15 is 0 Å². The standard InChI is InChI=1S/C21H22BrN3O3/c1-4-28-21(26)20-19(23-17-9-7-16(22)8-10-17)14(2)25(24-20)13-15-5-11-18(27-3)12-6-15/h5-12,23H,4,13H2,1-3H3. The van der Waals surface area contributed by atoms with Crippen LogP contribution in [0.5, 0.6) is 5.75 Å². The number of nitrogens with zero attached hydrogens (tertiary/aromatic N) is 2. The van der Waals surface area contributed by atoms with Gasteiger partial charge in [-0.25, -0.2) is 4.79 Å². The third-order valence-corrected chi connectivity index (χ3v) is 4.81. The number of rotatable bonds is 7. The molecule has 3 aromatic rings. The van der Waals surface area contributed by atoms with Gasteiger partial charge in [0.25, 0.3) is 0 Å². The molecule has 2 aromatic carbocycles. The van der Waals surface area contributed by atoms with Crippen molar-refractivity contribution >= 4 is 33.3 Å². The van der Waals surface area contributed by atoms with Gasteiger partial charge in [0.05, 0.1) is 31.6 Å². The molecule has 7 heteroatoms. The summed E-state index contributed by atoms with van der Waals surface area (Å²) in [6, 6.07) is 15.5. The molecule has 1 N–H and O–H groups in total. The average molecular weight is 444 g/mol. The molecule has 1 aromatic heterocycles. The highest BCUT2D eigenvalue weighted by molar-refractivity contribution is 9.10. The first-order chi connectivity index (χ1) is 13.5. The molecule has 0 spiro atoms. The summed E-state index contributed by atoms with van der Waals surface area (Å²) in [6.45, 7) is 4.53.